The van der Waals surface area contributed by atoms with Gasteiger partial charge in [-0.25, -0.2) is 0 Å². The number of carbonyl (C=O) groups is 1. The molecular formula is C18H27NO3. The molecule has 1 aliphatic rings. The molecule has 4 heteroatoms. The van der Waals surface area contributed by atoms with E-state index in [0.29, 0.717) is 6.54 Å². The van der Waals surface area contributed by atoms with E-state index in [4.69, 9.17) is 9.84 Å². The molecule has 4 nitrogen and oxygen atoms in total. The number of carboxylic acids is 1. The number of rotatable bonds is 10. The van der Waals surface area contributed by atoms with E-state index in [1.54, 1.807) is 0 Å². The van der Waals surface area contributed by atoms with Gasteiger partial charge < -0.3 is 15.2 Å². The van der Waals surface area contributed by atoms with Crippen LogP contribution in [0.5, 0.6) is 5.75 Å². The standard InChI is InChI=1S/C18H27NO3/c20-18(21)10-12-19-11-4-8-15-7-3-9-17(13-15)22-14-16-5-1-2-6-16/h3,7,9,13,16,19H,1-2,4-6,8,10-12,14H2,(H,20,21). The summed E-state index contributed by atoms with van der Waals surface area (Å²) in [7, 11) is 0. The maximum absolute atomic E-state index is 10.4. The second-order valence-electron chi connectivity index (χ2n) is 6.11. The minimum Gasteiger partial charge on any atom is -0.493 e. The van der Waals surface area contributed by atoms with Gasteiger partial charge in [0.2, 0.25) is 0 Å². The van der Waals surface area contributed by atoms with Gasteiger partial charge in [-0.3, -0.25) is 4.79 Å². The Morgan fingerprint density at radius 3 is 2.86 bits per heavy atom. The molecule has 0 radical (unpaired) electrons. The van der Waals surface area contributed by atoms with Crippen molar-refractivity contribution < 1.29 is 14.6 Å². The van der Waals surface area contributed by atoms with E-state index in [0.717, 1.165) is 37.7 Å². The van der Waals surface area contributed by atoms with Gasteiger partial charge in [-0.1, -0.05) is 25.0 Å². The average Bonchev–Trinajstić information content (AvgIpc) is 3.02. The van der Waals surface area contributed by atoms with Crippen LogP contribution in [0.25, 0.3) is 0 Å². The first-order chi connectivity index (χ1) is 10.7. The first kappa shape index (κ1) is 16.8. The molecule has 1 aromatic rings. The first-order valence-electron chi connectivity index (χ1n) is 8.38. The van der Waals surface area contributed by atoms with Gasteiger partial charge in [-0.2, -0.15) is 0 Å². The molecule has 0 amide bonds. The predicted octanol–water partition coefficient (Wildman–Crippen LogP) is 3.25. The number of aryl methyl sites for hydroxylation is 1. The maximum Gasteiger partial charge on any atom is 0.304 e. The van der Waals surface area contributed by atoms with E-state index in [1.807, 2.05) is 6.07 Å². The molecule has 122 valence electrons. The van der Waals surface area contributed by atoms with Crippen LogP contribution in [0.3, 0.4) is 0 Å². The molecule has 22 heavy (non-hydrogen) atoms. The summed E-state index contributed by atoms with van der Waals surface area (Å²) < 4.78 is 5.92. The largest absolute Gasteiger partial charge is 0.493 e. The summed E-state index contributed by atoms with van der Waals surface area (Å²) in [6.45, 7) is 2.24. The van der Waals surface area contributed by atoms with Gasteiger partial charge in [0.15, 0.2) is 0 Å². The topological polar surface area (TPSA) is 58.6 Å². The number of benzene rings is 1. The summed E-state index contributed by atoms with van der Waals surface area (Å²) in [5, 5.41) is 11.7. The van der Waals surface area contributed by atoms with Crippen LogP contribution < -0.4 is 10.1 Å². The third-order valence-electron chi connectivity index (χ3n) is 4.19. The van der Waals surface area contributed by atoms with Crippen molar-refractivity contribution in [3.63, 3.8) is 0 Å². The minimum absolute atomic E-state index is 0.185. The van der Waals surface area contributed by atoms with E-state index < -0.39 is 5.97 Å². The van der Waals surface area contributed by atoms with Crippen LogP contribution in [-0.4, -0.2) is 30.8 Å². The Hall–Kier alpha value is -1.55. The summed E-state index contributed by atoms with van der Waals surface area (Å²) in [5.41, 5.74) is 1.28. The molecule has 0 unspecified atom stereocenters. The average molecular weight is 305 g/mol. The highest BCUT2D eigenvalue weighted by atomic mass is 16.5. The molecular weight excluding hydrogens is 278 g/mol. The van der Waals surface area contributed by atoms with Gasteiger partial charge in [0, 0.05) is 6.54 Å². The molecule has 0 spiro atoms. The fraction of sp³-hybridized carbons (Fsp3) is 0.611. The first-order valence-corrected chi connectivity index (χ1v) is 8.38. The van der Waals surface area contributed by atoms with Crippen LogP contribution >= 0.6 is 0 Å². The second kappa shape index (κ2) is 9.46. The van der Waals surface area contributed by atoms with Crippen LogP contribution in [0.15, 0.2) is 24.3 Å². The lowest BCUT2D eigenvalue weighted by Gasteiger charge is -2.12. The van der Waals surface area contributed by atoms with Crippen molar-refractivity contribution in [2.24, 2.45) is 5.92 Å². The Kier molecular flexibility index (Phi) is 7.23. The Labute approximate surface area is 132 Å². The van der Waals surface area contributed by atoms with Crippen molar-refractivity contribution in [3.05, 3.63) is 29.8 Å². The number of ether oxygens (including phenoxy) is 1. The second-order valence-corrected chi connectivity index (χ2v) is 6.11. The van der Waals surface area contributed by atoms with Crippen molar-refractivity contribution >= 4 is 5.97 Å². The van der Waals surface area contributed by atoms with E-state index in [-0.39, 0.29) is 6.42 Å². The van der Waals surface area contributed by atoms with E-state index in [1.165, 1.54) is 31.2 Å². The van der Waals surface area contributed by atoms with E-state index >= 15 is 0 Å². The van der Waals surface area contributed by atoms with Gasteiger partial charge in [-0.05, 0) is 55.8 Å². The summed E-state index contributed by atoms with van der Waals surface area (Å²) in [5.74, 6) is 0.963. The molecule has 1 aliphatic carbocycles. The highest BCUT2D eigenvalue weighted by Gasteiger charge is 2.15. The van der Waals surface area contributed by atoms with Crippen LogP contribution in [0.4, 0.5) is 0 Å². The molecule has 2 rings (SSSR count). The lowest BCUT2D eigenvalue weighted by atomic mass is 10.1. The molecule has 0 heterocycles. The lowest BCUT2D eigenvalue weighted by Crippen LogP contribution is -2.19. The Morgan fingerprint density at radius 2 is 2.09 bits per heavy atom. The van der Waals surface area contributed by atoms with E-state index in [9.17, 15) is 4.79 Å². The molecule has 0 saturated heterocycles. The Balaban J connectivity index is 1.63. The summed E-state index contributed by atoms with van der Waals surface area (Å²) in [6.07, 6.45) is 7.49. The highest BCUT2D eigenvalue weighted by Crippen LogP contribution is 2.25. The number of hydrogen-bond acceptors (Lipinski definition) is 3. The molecule has 0 aliphatic heterocycles. The van der Waals surface area contributed by atoms with Crippen molar-refractivity contribution in [2.45, 2.75) is 44.9 Å². The van der Waals surface area contributed by atoms with E-state index in [2.05, 4.69) is 23.5 Å². The maximum atomic E-state index is 10.4. The fourth-order valence-corrected chi connectivity index (χ4v) is 2.92. The van der Waals surface area contributed by atoms with Crippen LogP contribution in [0.2, 0.25) is 0 Å². The van der Waals surface area contributed by atoms with Gasteiger partial charge in [-0.15, -0.1) is 0 Å². The molecule has 1 saturated carbocycles. The highest BCUT2D eigenvalue weighted by molar-refractivity contribution is 5.66. The molecule has 0 aromatic heterocycles. The minimum atomic E-state index is -0.750. The third kappa shape index (κ3) is 6.48. The molecule has 0 atom stereocenters. The molecule has 0 bridgehead atoms. The molecule has 2 N–H and O–H groups in total. The Bertz CT molecular complexity index is 455. The van der Waals surface area contributed by atoms with Crippen molar-refractivity contribution in [1.29, 1.82) is 0 Å². The molecule has 1 fully saturated rings. The van der Waals surface area contributed by atoms with Gasteiger partial charge in [0.1, 0.15) is 5.75 Å². The van der Waals surface area contributed by atoms with Crippen molar-refractivity contribution in [1.82, 2.24) is 5.32 Å². The number of hydrogen-bond donors (Lipinski definition) is 2. The van der Waals surface area contributed by atoms with Gasteiger partial charge >= 0.3 is 5.97 Å². The van der Waals surface area contributed by atoms with Crippen LogP contribution in [0.1, 0.15) is 44.1 Å². The number of aliphatic carboxylic acids is 1. The van der Waals surface area contributed by atoms with Crippen molar-refractivity contribution in [2.75, 3.05) is 19.7 Å². The monoisotopic (exact) mass is 305 g/mol. The lowest BCUT2D eigenvalue weighted by molar-refractivity contribution is -0.136. The SMILES string of the molecule is O=C(O)CCNCCCc1cccc(OCC2CCCC2)c1. The zero-order valence-corrected chi connectivity index (χ0v) is 13.2. The fourth-order valence-electron chi connectivity index (χ4n) is 2.92. The van der Waals surface area contributed by atoms with Crippen molar-refractivity contribution in [3.8, 4) is 5.75 Å². The predicted molar refractivity (Wildman–Crippen MR) is 87.3 cm³/mol. The normalized spacial score (nSPS) is 15.1. The summed E-state index contributed by atoms with van der Waals surface area (Å²) in [4.78, 5) is 10.4. The van der Waals surface area contributed by atoms with Crippen LogP contribution in [0, 0.1) is 5.92 Å². The Morgan fingerprint density at radius 1 is 1.27 bits per heavy atom. The molecule has 1 aromatic carbocycles. The zero-order valence-electron chi connectivity index (χ0n) is 13.2. The quantitative estimate of drug-likeness (QED) is 0.651. The van der Waals surface area contributed by atoms with Crippen LogP contribution in [-0.2, 0) is 11.2 Å². The third-order valence-corrected chi connectivity index (χ3v) is 4.19. The summed E-state index contributed by atoms with van der Waals surface area (Å²) >= 11 is 0. The smallest absolute Gasteiger partial charge is 0.304 e. The number of nitrogens with one attached hydrogen (secondary N) is 1. The van der Waals surface area contributed by atoms with Gasteiger partial charge in [0.25, 0.3) is 0 Å². The zero-order chi connectivity index (χ0) is 15.6. The number of carboxylic acid groups (broad SMARTS) is 1. The summed E-state index contributed by atoms with van der Waals surface area (Å²) in [6, 6.07) is 8.34. The van der Waals surface area contributed by atoms with Gasteiger partial charge in [0.05, 0.1) is 13.0 Å².